The lowest BCUT2D eigenvalue weighted by Crippen LogP contribution is -2.49. The molecule has 4 nitrogen and oxygen atoms in total. The number of carbonyl (C=O) groups is 1. The van der Waals surface area contributed by atoms with E-state index in [2.05, 4.69) is 12.2 Å². The number of hydrogen-bond acceptors (Lipinski definition) is 3. The second-order valence-electron chi connectivity index (χ2n) is 4.39. The van der Waals surface area contributed by atoms with E-state index in [1.165, 1.54) is 6.42 Å². The van der Waals surface area contributed by atoms with E-state index in [4.69, 9.17) is 4.74 Å². The van der Waals surface area contributed by atoms with E-state index in [1.807, 2.05) is 7.05 Å². The number of methoxy groups -OCH3 is 1. The highest BCUT2D eigenvalue weighted by molar-refractivity contribution is 5.81. The third kappa shape index (κ3) is 3.80. The highest BCUT2D eigenvalue weighted by Gasteiger charge is 2.26. The number of likely N-dealkylation sites (N-methyl/N-ethyl adjacent to an activating group) is 1. The normalized spacial score (nSPS) is 26.3. The van der Waals surface area contributed by atoms with Crippen molar-refractivity contribution in [1.82, 2.24) is 10.2 Å². The van der Waals surface area contributed by atoms with Crippen LogP contribution in [0.15, 0.2) is 0 Å². The molecule has 1 aliphatic heterocycles. The van der Waals surface area contributed by atoms with Crippen molar-refractivity contribution in [2.45, 2.75) is 25.8 Å². The van der Waals surface area contributed by atoms with E-state index in [0.29, 0.717) is 19.1 Å². The summed E-state index contributed by atoms with van der Waals surface area (Å²) in [6, 6.07) is 0.00982. The fourth-order valence-corrected chi connectivity index (χ4v) is 1.90. The van der Waals surface area contributed by atoms with Crippen LogP contribution in [0.4, 0.5) is 0 Å². The standard InChI is InChI=1S/C11H22N2O2/c1-9-4-5-12-10(8-9)11(14)13(2)6-7-15-3/h9-10,12H,4-8H2,1-3H3. The molecule has 1 aliphatic rings. The molecule has 1 amide bonds. The number of nitrogens with zero attached hydrogens (tertiary/aromatic N) is 1. The van der Waals surface area contributed by atoms with Crippen LogP contribution in [0.5, 0.6) is 0 Å². The van der Waals surface area contributed by atoms with E-state index in [0.717, 1.165) is 13.0 Å². The third-order valence-electron chi connectivity index (χ3n) is 2.97. The minimum atomic E-state index is 0.00982. The van der Waals surface area contributed by atoms with Crippen LogP contribution in [-0.4, -0.2) is 50.7 Å². The molecule has 2 atom stereocenters. The van der Waals surface area contributed by atoms with Gasteiger partial charge in [-0.05, 0) is 25.3 Å². The Morgan fingerprint density at radius 3 is 2.93 bits per heavy atom. The Kier molecular flexibility index (Phi) is 5.05. The predicted octanol–water partition coefficient (Wildman–Crippen LogP) is 0.479. The van der Waals surface area contributed by atoms with Gasteiger partial charge in [-0.3, -0.25) is 4.79 Å². The summed E-state index contributed by atoms with van der Waals surface area (Å²) in [6.07, 6.45) is 2.13. The third-order valence-corrected chi connectivity index (χ3v) is 2.97. The van der Waals surface area contributed by atoms with Gasteiger partial charge in [-0.2, -0.15) is 0 Å². The van der Waals surface area contributed by atoms with Gasteiger partial charge in [0.05, 0.1) is 12.6 Å². The van der Waals surface area contributed by atoms with Gasteiger partial charge in [-0.25, -0.2) is 0 Å². The molecular weight excluding hydrogens is 192 g/mol. The zero-order chi connectivity index (χ0) is 11.3. The van der Waals surface area contributed by atoms with E-state index in [-0.39, 0.29) is 11.9 Å². The molecule has 1 saturated heterocycles. The minimum Gasteiger partial charge on any atom is -0.383 e. The SMILES string of the molecule is COCCN(C)C(=O)C1CC(C)CCN1. The summed E-state index contributed by atoms with van der Waals surface area (Å²) in [5.74, 6) is 0.842. The Morgan fingerprint density at radius 2 is 2.33 bits per heavy atom. The van der Waals surface area contributed by atoms with Crippen LogP contribution in [0.3, 0.4) is 0 Å². The van der Waals surface area contributed by atoms with Gasteiger partial charge in [0.1, 0.15) is 0 Å². The second-order valence-corrected chi connectivity index (χ2v) is 4.39. The number of rotatable bonds is 4. The molecule has 0 aromatic carbocycles. The van der Waals surface area contributed by atoms with Gasteiger partial charge >= 0.3 is 0 Å². The Labute approximate surface area is 92.0 Å². The van der Waals surface area contributed by atoms with Crippen LogP contribution in [0.2, 0.25) is 0 Å². The van der Waals surface area contributed by atoms with Crippen molar-refractivity contribution >= 4 is 5.91 Å². The van der Waals surface area contributed by atoms with Crippen molar-refractivity contribution in [2.24, 2.45) is 5.92 Å². The maximum Gasteiger partial charge on any atom is 0.239 e. The molecule has 0 spiro atoms. The number of ether oxygens (including phenoxy) is 1. The number of hydrogen-bond donors (Lipinski definition) is 1. The number of carbonyl (C=O) groups excluding carboxylic acids is 1. The fourth-order valence-electron chi connectivity index (χ4n) is 1.90. The van der Waals surface area contributed by atoms with E-state index in [1.54, 1.807) is 12.0 Å². The van der Waals surface area contributed by atoms with Gasteiger partial charge in [0.2, 0.25) is 5.91 Å². The Hall–Kier alpha value is -0.610. The fraction of sp³-hybridized carbons (Fsp3) is 0.909. The first kappa shape index (κ1) is 12.5. The van der Waals surface area contributed by atoms with Gasteiger partial charge in [0, 0.05) is 20.7 Å². The first-order valence-corrected chi connectivity index (χ1v) is 5.62. The predicted molar refractivity (Wildman–Crippen MR) is 59.7 cm³/mol. The van der Waals surface area contributed by atoms with Gasteiger partial charge < -0.3 is 15.0 Å². The number of piperidine rings is 1. The van der Waals surface area contributed by atoms with Crippen molar-refractivity contribution in [3.63, 3.8) is 0 Å². The zero-order valence-corrected chi connectivity index (χ0v) is 9.95. The number of amides is 1. The van der Waals surface area contributed by atoms with Crippen LogP contribution < -0.4 is 5.32 Å². The van der Waals surface area contributed by atoms with Crippen molar-refractivity contribution in [2.75, 3.05) is 33.9 Å². The van der Waals surface area contributed by atoms with E-state index in [9.17, 15) is 4.79 Å². The van der Waals surface area contributed by atoms with Gasteiger partial charge in [-0.15, -0.1) is 0 Å². The quantitative estimate of drug-likeness (QED) is 0.740. The molecule has 88 valence electrons. The molecule has 0 saturated carbocycles. The lowest BCUT2D eigenvalue weighted by atomic mass is 9.93. The number of nitrogens with one attached hydrogen (secondary N) is 1. The maximum atomic E-state index is 12.0. The molecule has 1 heterocycles. The highest BCUT2D eigenvalue weighted by atomic mass is 16.5. The molecule has 4 heteroatoms. The lowest BCUT2D eigenvalue weighted by Gasteiger charge is -2.30. The van der Waals surface area contributed by atoms with Crippen molar-refractivity contribution in [3.05, 3.63) is 0 Å². The maximum absolute atomic E-state index is 12.0. The van der Waals surface area contributed by atoms with Crippen molar-refractivity contribution < 1.29 is 9.53 Å². The average molecular weight is 214 g/mol. The molecule has 1 N–H and O–H groups in total. The van der Waals surface area contributed by atoms with Crippen LogP contribution >= 0.6 is 0 Å². The summed E-state index contributed by atoms with van der Waals surface area (Å²) in [5, 5.41) is 3.27. The molecule has 0 radical (unpaired) electrons. The first-order valence-electron chi connectivity index (χ1n) is 5.62. The molecule has 0 aliphatic carbocycles. The van der Waals surface area contributed by atoms with E-state index >= 15 is 0 Å². The van der Waals surface area contributed by atoms with Gasteiger partial charge in [0.15, 0.2) is 0 Å². The molecule has 1 fully saturated rings. The molecule has 0 aromatic heterocycles. The summed E-state index contributed by atoms with van der Waals surface area (Å²) in [6.45, 7) is 4.43. The van der Waals surface area contributed by atoms with Crippen molar-refractivity contribution in [1.29, 1.82) is 0 Å². The van der Waals surface area contributed by atoms with Crippen LogP contribution in [0, 0.1) is 5.92 Å². The minimum absolute atomic E-state index is 0.00982. The Morgan fingerprint density at radius 1 is 1.60 bits per heavy atom. The second kappa shape index (κ2) is 6.08. The summed E-state index contributed by atoms with van der Waals surface area (Å²) in [4.78, 5) is 13.7. The monoisotopic (exact) mass is 214 g/mol. The van der Waals surface area contributed by atoms with Gasteiger partial charge in [-0.1, -0.05) is 6.92 Å². The van der Waals surface area contributed by atoms with Crippen molar-refractivity contribution in [3.8, 4) is 0 Å². The summed E-state index contributed by atoms with van der Waals surface area (Å²) in [7, 11) is 3.49. The smallest absolute Gasteiger partial charge is 0.239 e. The van der Waals surface area contributed by atoms with Crippen LogP contribution in [0.1, 0.15) is 19.8 Å². The zero-order valence-electron chi connectivity index (χ0n) is 9.95. The van der Waals surface area contributed by atoms with Gasteiger partial charge in [0.25, 0.3) is 0 Å². The topological polar surface area (TPSA) is 41.6 Å². The molecule has 2 unspecified atom stereocenters. The summed E-state index contributed by atoms with van der Waals surface area (Å²) >= 11 is 0. The lowest BCUT2D eigenvalue weighted by molar-refractivity contribution is -0.133. The summed E-state index contributed by atoms with van der Waals surface area (Å²) < 4.78 is 4.96. The molecule has 15 heavy (non-hydrogen) atoms. The van der Waals surface area contributed by atoms with E-state index < -0.39 is 0 Å². The highest BCUT2D eigenvalue weighted by Crippen LogP contribution is 2.16. The first-order chi connectivity index (χ1) is 7.15. The van der Waals surface area contributed by atoms with Crippen LogP contribution in [-0.2, 0) is 9.53 Å². The average Bonchev–Trinajstić information content (AvgIpc) is 2.24. The largest absolute Gasteiger partial charge is 0.383 e. The Balaban J connectivity index is 2.37. The summed E-state index contributed by atoms with van der Waals surface area (Å²) in [5.41, 5.74) is 0. The van der Waals surface area contributed by atoms with Crippen LogP contribution in [0.25, 0.3) is 0 Å². The molecule has 1 rings (SSSR count). The molecule has 0 bridgehead atoms. The Bertz CT molecular complexity index is 209. The molecular formula is C11H22N2O2. The molecule has 0 aromatic rings.